The Morgan fingerprint density at radius 3 is 2.87 bits per heavy atom. The second-order valence-corrected chi connectivity index (χ2v) is 4.06. The summed E-state index contributed by atoms with van der Waals surface area (Å²) < 4.78 is 0. The van der Waals surface area contributed by atoms with E-state index < -0.39 is 5.97 Å². The van der Waals surface area contributed by atoms with Gasteiger partial charge in [0, 0.05) is 12.2 Å². The van der Waals surface area contributed by atoms with Crippen LogP contribution in [0.5, 0.6) is 0 Å². The number of carboxylic acid groups (broad SMARTS) is 1. The number of carboxylic acids is 1. The number of rotatable bonds is 1. The van der Waals surface area contributed by atoms with Gasteiger partial charge in [0.2, 0.25) is 0 Å². The average Bonchev–Trinajstić information content (AvgIpc) is 2.23. The highest BCUT2D eigenvalue weighted by atomic mass is 16.4. The molecule has 1 aliphatic rings. The molecule has 2 rings (SSSR count). The molecular weight excluding hydrogens is 190 g/mol. The van der Waals surface area contributed by atoms with Crippen LogP contribution in [-0.2, 0) is 6.42 Å². The summed E-state index contributed by atoms with van der Waals surface area (Å²) >= 11 is 0. The Hall–Kier alpha value is -1.51. The van der Waals surface area contributed by atoms with Crippen molar-refractivity contribution >= 4 is 11.7 Å². The van der Waals surface area contributed by atoms with Gasteiger partial charge in [-0.2, -0.15) is 0 Å². The topological polar surface area (TPSA) is 49.3 Å². The molecule has 0 spiro atoms. The third kappa shape index (κ3) is 1.58. The molecular formula is C12H15NO2. The molecule has 0 fully saturated rings. The van der Waals surface area contributed by atoms with Gasteiger partial charge in [-0.3, -0.25) is 0 Å². The molecule has 2 N–H and O–H groups in total. The molecule has 1 aromatic carbocycles. The van der Waals surface area contributed by atoms with Gasteiger partial charge in [0.25, 0.3) is 0 Å². The Balaban J connectivity index is 2.64. The van der Waals surface area contributed by atoms with Crippen molar-refractivity contribution in [3.05, 3.63) is 28.3 Å². The van der Waals surface area contributed by atoms with E-state index in [1.165, 1.54) is 5.56 Å². The van der Waals surface area contributed by atoms with Gasteiger partial charge >= 0.3 is 5.97 Å². The number of anilines is 1. The van der Waals surface area contributed by atoms with E-state index in [4.69, 9.17) is 5.11 Å². The first-order chi connectivity index (χ1) is 7.11. The first-order valence-electron chi connectivity index (χ1n) is 5.21. The van der Waals surface area contributed by atoms with Gasteiger partial charge in [-0.15, -0.1) is 0 Å². The third-order valence-electron chi connectivity index (χ3n) is 3.05. The van der Waals surface area contributed by atoms with E-state index in [9.17, 15) is 4.79 Å². The second-order valence-electron chi connectivity index (χ2n) is 4.06. The van der Waals surface area contributed by atoms with Gasteiger partial charge in [-0.25, -0.2) is 4.79 Å². The van der Waals surface area contributed by atoms with Gasteiger partial charge in [-0.05, 0) is 49.4 Å². The van der Waals surface area contributed by atoms with Crippen molar-refractivity contribution in [2.24, 2.45) is 0 Å². The maximum Gasteiger partial charge on any atom is 0.335 e. The summed E-state index contributed by atoms with van der Waals surface area (Å²) in [6, 6.07) is 1.76. The van der Waals surface area contributed by atoms with Crippen molar-refractivity contribution in [3.8, 4) is 0 Å². The number of aromatic carboxylic acids is 1. The first-order valence-corrected chi connectivity index (χ1v) is 5.21. The molecule has 0 radical (unpaired) electrons. The minimum absolute atomic E-state index is 0.440. The SMILES string of the molecule is Cc1cc(C(=O)O)c(C)c2c1NCCC2. The number of fused-ring (bicyclic) bond motifs is 1. The molecule has 15 heavy (non-hydrogen) atoms. The fourth-order valence-corrected chi connectivity index (χ4v) is 2.24. The lowest BCUT2D eigenvalue weighted by atomic mass is 9.91. The molecule has 1 heterocycles. The van der Waals surface area contributed by atoms with Crippen molar-refractivity contribution < 1.29 is 9.90 Å². The van der Waals surface area contributed by atoms with Crippen LogP contribution in [0.2, 0.25) is 0 Å². The van der Waals surface area contributed by atoms with Crippen LogP contribution < -0.4 is 5.32 Å². The second kappa shape index (κ2) is 3.57. The Kier molecular flexibility index (Phi) is 2.39. The van der Waals surface area contributed by atoms with Crippen LogP contribution in [0.4, 0.5) is 5.69 Å². The smallest absolute Gasteiger partial charge is 0.335 e. The standard InChI is InChI=1S/C12H15NO2/c1-7-6-10(12(14)15)8(2)9-4-3-5-13-11(7)9/h6,13H,3-5H2,1-2H3,(H,14,15). The molecule has 0 atom stereocenters. The summed E-state index contributed by atoms with van der Waals surface area (Å²) in [7, 11) is 0. The molecule has 0 amide bonds. The van der Waals surface area contributed by atoms with E-state index in [-0.39, 0.29) is 0 Å². The van der Waals surface area contributed by atoms with Crippen LogP contribution in [0.25, 0.3) is 0 Å². The maximum atomic E-state index is 11.0. The van der Waals surface area contributed by atoms with E-state index in [1.54, 1.807) is 6.07 Å². The quantitative estimate of drug-likeness (QED) is 0.740. The number of hydrogen-bond donors (Lipinski definition) is 2. The van der Waals surface area contributed by atoms with Gasteiger partial charge in [-0.1, -0.05) is 0 Å². The predicted octanol–water partition coefficient (Wildman–Crippen LogP) is 2.36. The van der Waals surface area contributed by atoms with E-state index in [2.05, 4.69) is 5.32 Å². The van der Waals surface area contributed by atoms with Crippen LogP contribution >= 0.6 is 0 Å². The summed E-state index contributed by atoms with van der Waals surface area (Å²) in [6.07, 6.45) is 2.06. The fraction of sp³-hybridized carbons (Fsp3) is 0.417. The lowest BCUT2D eigenvalue weighted by Crippen LogP contribution is -2.16. The zero-order chi connectivity index (χ0) is 11.0. The van der Waals surface area contributed by atoms with Crippen molar-refractivity contribution in [3.63, 3.8) is 0 Å². The maximum absolute atomic E-state index is 11.0. The fourth-order valence-electron chi connectivity index (χ4n) is 2.24. The minimum Gasteiger partial charge on any atom is -0.478 e. The number of carbonyl (C=O) groups is 1. The predicted molar refractivity (Wildman–Crippen MR) is 59.7 cm³/mol. The number of benzene rings is 1. The van der Waals surface area contributed by atoms with Crippen LogP contribution in [-0.4, -0.2) is 17.6 Å². The van der Waals surface area contributed by atoms with Gasteiger partial charge in [0.05, 0.1) is 5.56 Å². The highest BCUT2D eigenvalue weighted by Crippen LogP contribution is 2.31. The van der Waals surface area contributed by atoms with Crippen molar-refractivity contribution in [2.45, 2.75) is 26.7 Å². The molecule has 0 aromatic heterocycles. The number of nitrogens with one attached hydrogen (secondary N) is 1. The zero-order valence-corrected chi connectivity index (χ0v) is 9.05. The molecule has 0 bridgehead atoms. The van der Waals surface area contributed by atoms with Crippen LogP contribution in [0.15, 0.2) is 6.07 Å². The van der Waals surface area contributed by atoms with E-state index in [0.717, 1.165) is 36.2 Å². The Labute approximate surface area is 89.1 Å². The minimum atomic E-state index is -0.830. The highest BCUT2D eigenvalue weighted by Gasteiger charge is 2.18. The molecule has 0 unspecified atom stereocenters. The summed E-state index contributed by atoms with van der Waals surface area (Å²) in [4.78, 5) is 11.0. The van der Waals surface area contributed by atoms with Crippen LogP contribution in [0.1, 0.15) is 33.5 Å². The monoisotopic (exact) mass is 205 g/mol. The van der Waals surface area contributed by atoms with Gasteiger partial charge in [0.15, 0.2) is 0 Å². The summed E-state index contributed by atoms with van der Waals surface area (Å²) in [6.45, 7) is 4.84. The summed E-state index contributed by atoms with van der Waals surface area (Å²) in [5, 5.41) is 12.4. The normalized spacial score (nSPS) is 14.3. The molecule has 0 saturated heterocycles. The van der Waals surface area contributed by atoms with E-state index in [0.29, 0.717) is 5.56 Å². The summed E-state index contributed by atoms with van der Waals surface area (Å²) in [5.74, 6) is -0.830. The third-order valence-corrected chi connectivity index (χ3v) is 3.05. The van der Waals surface area contributed by atoms with Crippen LogP contribution in [0.3, 0.4) is 0 Å². The Morgan fingerprint density at radius 2 is 2.20 bits per heavy atom. The highest BCUT2D eigenvalue weighted by molar-refractivity contribution is 5.91. The van der Waals surface area contributed by atoms with Crippen molar-refractivity contribution in [1.29, 1.82) is 0 Å². The summed E-state index contributed by atoms with van der Waals surface area (Å²) in [5.41, 5.74) is 4.71. The van der Waals surface area contributed by atoms with Crippen molar-refractivity contribution in [2.75, 3.05) is 11.9 Å². The van der Waals surface area contributed by atoms with Crippen molar-refractivity contribution in [1.82, 2.24) is 0 Å². The van der Waals surface area contributed by atoms with Gasteiger partial charge < -0.3 is 10.4 Å². The molecule has 1 aromatic rings. The Morgan fingerprint density at radius 1 is 1.47 bits per heavy atom. The molecule has 1 aliphatic heterocycles. The number of aryl methyl sites for hydroxylation is 1. The largest absolute Gasteiger partial charge is 0.478 e. The molecule has 0 aliphatic carbocycles. The Bertz CT molecular complexity index is 424. The van der Waals surface area contributed by atoms with Gasteiger partial charge in [0.1, 0.15) is 0 Å². The molecule has 3 nitrogen and oxygen atoms in total. The van der Waals surface area contributed by atoms with E-state index in [1.807, 2.05) is 13.8 Å². The first kappa shape index (κ1) is 10.0. The zero-order valence-electron chi connectivity index (χ0n) is 9.05. The number of hydrogen-bond acceptors (Lipinski definition) is 2. The van der Waals surface area contributed by atoms with E-state index >= 15 is 0 Å². The molecule has 3 heteroatoms. The molecule has 80 valence electrons. The average molecular weight is 205 g/mol. The lowest BCUT2D eigenvalue weighted by molar-refractivity contribution is 0.0696. The molecule has 0 saturated carbocycles. The van der Waals surface area contributed by atoms with Crippen LogP contribution in [0, 0.1) is 13.8 Å². The lowest BCUT2D eigenvalue weighted by Gasteiger charge is -2.23.